The zero-order valence-corrected chi connectivity index (χ0v) is 9.33. The van der Waals surface area contributed by atoms with Crippen molar-refractivity contribution in [1.29, 1.82) is 0 Å². The molecule has 1 saturated carbocycles. The van der Waals surface area contributed by atoms with Crippen molar-refractivity contribution >= 4 is 5.91 Å². The van der Waals surface area contributed by atoms with E-state index in [1.54, 1.807) is 0 Å². The Bertz CT molecular complexity index is 220. The molecule has 1 atom stereocenters. The van der Waals surface area contributed by atoms with Crippen LogP contribution in [0.3, 0.4) is 0 Å². The zero-order chi connectivity index (χ0) is 10.1. The molecule has 1 amide bonds. The summed E-state index contributed by atoms with van der Waals surface area (Å²) in [5.74, 6) is 2.31. The molecular weight excluding hydrogens is 174 g/mol. The zero-order valence-electron chi connectivity index (χ0n) is 9.33. The number of nitrogens with zero attached hydrogens (tertiary/aromatic N) is 1. The van der Waals surface area contributed by atoms with E-state index in [9.17, 15) is 4.79 Å². The maximum absolute atomic E-state index is 11.9. The van der Waals surface area contributed by atoms with Crippen molar-refractivity contribution in [3.63, 3.8) is 0 Å². The summed E-state index contributed by atoms with van der Waals surface area (Å²) in [7, 11) is 0. The van der Waals surface area contributed by atoms with E-state index >= 15 is 0 Å². The lowest BCUT2D eigenvalue weighted by Crippen LogP contribution is -2.42. The predicted molar refractivity (Wildman–Crippen MR) is 56.9 cm³/mol. The first kappa shape index (κ1) is 10.0. The number of hydrogen-bond donors (Lipinski definition) is 0. The minimum atomic E-state index is 0.404. The second-order valence-corrected chi connectivity index (χ2v) is 5.20. The molecule has 2 nitrogen and oxygen atoms in total. The third-order valence-electron chi connectivity index (χ3n) is 3.64. The SMILES string of the molecule is CC(C)[C@H]1CCCN(C(=O)C2CC2)C1. The van der Waals surface area contributed by atoms with E-state index in [1.807, 2.05) is 0 Å². The van der Waals surface area contributed by atoms with Crippen LogP contribution in [0, 0.1) is 17.8 Å². The fourth-order valence-electron chi connectivity index (χ4n) is 2.34. The summed E-state index contributed by atoms with van der Waals surface area (Å²) in [6.45, 7) is 6.58. The summed E-state index contributed by atoms with van der Waals surface area (Å²) in [6, 6.07) is 0. The Labute approximate surface area is 86.7 Å². The molecule has 0 radical (unpaired) electrons. The van der Waals surface area contributed by atoms with Crippen LogP contribution in [0.5, 0.6) is 0 Å². The van der Waals surface area contributed by atoms with E-state index in [2.05, 4.69) is 18.7 Å². The van der Waals surface area contributed by atoms with Gasteiger partial charge in [-0.3, -0.25) is 4.79 Å². The lowest BCUT2D eigenvalue weighted by molar-refractivity contribution is -0.134. The first-order valence-corrected chi connectivity index (χ1v) is 5.97. The van der Waals surface area contributed by atoms with Crippen LogP contribution in [-0.2, 0) is 4.79 Å². The van der Waals surface area contributed by atoms with Gasteiger partial charge >= 0.3 is 0 Å². The van der Waals surface area contributed by atoms with Crippen molar-refractivity contribution in [1.82, 2.24) is 4.90 Å². The highest BCUT2D eigenvalue weighted by Crippen LogP contribution is 2.33. The lowest BCUT2D eigenvalue weighted by Gasteiger charge is -2.35. The Morgan fingerprint density at radius 2 is 2.00 bits per heavy atom. The monoisotopic (exact) mass is 195 g/mol. The molecule has 1 saturated heterocycles. The molecule has 1 aliphatic carbocycles. The van der Waals surface area contributed by atoms with E-state index in [4.69, 9.17) is 0 Å². The number of piperidine rings is 1. The van der Waals surface area contributed by atoms with Gasteiger partial charge in [0, 0.05) is 19.0 Å². The highest BCUT2D eigenvalue weighted by Gasteiger charge is 2.35. The maximum Gasteiger partial charge on any atom is 0.225 e. The number of hydrogen-bond acceptors (Lipinski definition) is 1. The Kier molecular flexibility index (Phi) is 2.80. The number of carbonyl (C=O) groups is 1. The molecule has 0 aromatic heterocycles. The molecule has 0 unspecified atom stereocenters. The number of carbonyl (C=O) groups excluding carboxylic acids is 1. The first-order chi connectivity index (χ1) is 6.68. The molecule has 1 heterocycles. The van der Waals surface area contributed by atoms with Crippen molar-refractivity contribution in [3.8, 4) is 0 Å². The molecule has 0 bridgehead atoms. The van der Waals surface area contributed by atoms with Crippen molar-refractivity contribution in [2.75, 3.05) is 13.1 Å². The van der Waals surface area contributed by atoms with Crippen LogP contribution in [0.25, 0.3) is 0 Å². The molecule has 0 spiro atoms. The number of rotatable bonds is 2. The van der Waals surface area contributed by atoms with Gasteiger partial charge in [-0.05, 0) is 37.5 Å². The van der Waals surface area contributed by atoms with Gasteiger partial charge in [-0.15, -0.1) is 0 Å². The summed E-state index contributed by atoms with van der Waals surface area (Å²) >= 11 is 0. The lowest BCUT2D eigenvalue weighted by atomic mass is 9.88. The van der Waals surface area contributed by atoms with Crippen molar-refractivity contribution in [3.05, 3.63) is 0 Å². The van der Waals surface area contributed by atoms with Crippen molar-refractivity contribution < 1.29 is 4.79 Å². The fraction of sp³-hybridized carbons (Fsp3) is 0.917. The third-order valence-corrected chi connectivity index (χ3v) is 3.64. The van der Waals surface area contributed by atoms with Gasteiger partial charge in [0.15, 0.2) is 0 Å². The van der Waals surface area contributed by atoms with Gasteiger partial charge in [-0.1, -0.05) is 13.8 Å². The van der Waals surface area contributed by atoms with Gasteiger partial charge in [0.05, 0.1) is 0 Å². The summed E-state index contributed by atoms with van der Waals surface area (Å²) in [5, 5.41) is 0. The van der Waals surface area contributed by atoms with E-state index in [0.29, 0.717) is 11.8 Å². The van der Waals surface area contributed by atoms with Crippen LogP contribution in [-0.4, -0.2) is 23.9 Å². The van der Waals surface area contributed by atoms with Gasteiger partial charge in [0.2, 0.25) is 5.91 Å². The summed E-state index contributed by atoms with van der Waals surface area (Å²) in [4.78, 5) is 14.0. The molecule has 0 aromatic carbocycles. The topological polar surface area (TPSA) is 20.3 Å². The Morgan fingerprint density at radius 1 is 1.29 bits per heavy atom. The van der Waals surface area contributed by atoms with Gasteiger partial charge < -0.3 is 4.90 Å². The Morgan fingerprint density at radius 3 is 2.57 bits per heavy atom. The van der Waals surface area contributed by atoms with Gasteiger partial charge in [0.1, 0.15) is 0 Å². The van der Waals surface area contributed by atoms with Gasteiger partial charge in [0.25, 0.3) is 0 Å². The molecule has 80 valence electrons. The summed E-state index contributed by atoms with van der Waals surface area (Å²) < 4.78 is 0. The van der Waals surface area contributed by atoms with E-state index < -0.39 is 0 Å². The van der Waals surface area contributed by atoms with Gasteiger partial charge in [-0.2, -0.15) is 0 Å². The number of amides is 1. The minimum absolute atomic E-state index is 0.404. The maximum atomic E-state index is 11.9. The molecule has 14 heavy (non-hydrogen) atoms. The molecule has 2 rings (SSSR count). The third kappa shape index (κ3) is 2.10. The quantitative estimate of drug-likeness (QED) is 0.662. The average Bonchev–Trinajstić information content (AvgIpc) is 3.00. The highest BCUT2D eigenvalue weighted by molar-refractivity contribution is 5.81. The second kappa shape index (κ2) is 3.92. The normalized spacial score (nSPS) is 28.2. The summed E-state index contributed by atoms with van der Waals surface area (Å²) in [6.07, 6.45) is 4.80. The molecule has 2 fully saturated rings. The van der Waals surface area contributed by atoms with E-state index in [1.165, 1.54) is 12.8 Å². The Hall–Kier alpha value is -0.530. The highest BCUT2D eigenvalue weighted by atomic mass is 16.2. The molecule has 1 aliphatic heterocycles. The molecule has 0 aromatic rings. The standard InChI is InChI=1S/C12H21NO/c1-9(2)11-4-3-7-13(8-11)12(14)10-5-6-10/h9-11H,3-8H2,1-2H3/t11-/m0/s1. The second-order valence-electron chi connectivity index (χ2n) is 5.20. The van der Waals surface area contributed by atoms with Crippen LogP contribution < -0.4 is 0 Å². The largest absolute Gasteiger partial charge is 0.342 e. The average molecular weight is 195 g/mol. The van der Waals surface area contributed by atoms with E-state index in [-0.39, 0.29) is 0 Å². The first-order valence-electron chi connectivity index (χ1n) is 5.97. The van der Waals surface area contributed by atoms with Crippen molar-refractivity contribution in [2.45, 2.75) is 39.5 Å². The molecule has 2 aliphatic rings. The predicted octanol–water partition coefficient (Wildman–Crippen LogP) is 2.29. The van der Waals surface area contributed by atoms with Crippen molar-refractivity contribution in [2.24, 2.45) is 17.8 Å². The fourth-order valence-corrected chi connectivity index (χ4v) is 2.34. The smallest absolute Gasteiger partial charge is 0.225 e. The Balaban J connectivity index is 1.89. The van der Waals surface area contributed by atoms with Crippen LogP contribution >= 0.6 is 0 Å². The summed E-state index contributed by atoms with van der Waals surface area (Å²) in [5.41, 5.74) is 0. The molecule has 2 heteroatoms. The number of likely N-dealkylation sites (tertiary alicyclic amines) is 1. The van der Waals surface area contributed by atoms with Crippen LogP contribution in [0.1, 0.15) is 39.5 Å². The molecular formula is C12H21NO. The van der Waals surface area contributed by atoms with Crippen LogP contribution in [0.15, 0.2) is 0 Å². The van der Waals surface area contributed by atoms with E-state index in [0.717, 1.165) is 37.8 Å². The minimum Gasteiger partial charge on any atom is -0.342 e. The van der Waals surface area contributed by atoms with Crippen LogP contribution in [0.2, 0.25) is 0 Å². The molecule has 0 N–H and O–H groups in total. The van der Waals surface area contributed by atoms with Crippen LogP contribution in [0.4, 0.5) is 0 Å². The van der Waals surface area contributed by atoms with Gasteiger partial charge in [-0.25, -0.2) is 0 Å².